The molecule has 0 aliphatic heterocycles. The minimum atomic E-state index is 0.127. The van der Waals surface area contributed by atoms with E-state index < -0.39 is 0 Å². The highest BCUT2D eigenvalue weighted by Crippen LogP contribution is 2.26. The second-order valence-corrected chi connectivity index (χ2v) is 5.16. The Morgan fingerprint density at radius 3 is 2.67 bits per heavy atom. The fourth-order valence-corrected chi connectivity index (χ4v) is 2.18. The van der Waals surface area contributed by atoms with Crippen LogP contribution in [0.1, 0.15) is 29.6 Å². The second-order valence-electron chi connectivity index (χ2n) is 5.16. The van der Waals surface area contributed by atoms with Crippen molar-refractivity contribution in [2.45, 2.75) is 40.2 Å². The van der Waals surface area contributed by atoms with Gasteiger partial charge in [0, 0.05) is 23.7 Å². The number of hydrogen-bond donors (Lipinski definition) is 2. The fourth-order valence-electron chi connectivity index (χ4n) is 2.18. The van der Waals surface area contributed by atoms with Crippen molar-refractivity contribution in [3.05, 3.63) is 40.8 Å². The summed E-state index contributed by atoms with van der Waals surface area (Å²) in [6.45, 7) is 8.28. The summed E-state index contributed by atoms with van der Waals surface area (Å²) in [5.41, 5.74) is 11.7. The third-order valence-electron chi connectivity index (χ3n) is 3.10. The summed E-state index contributed by atoms with van der Waals surface area (Å²) < 4.78 is 0. The molecule has 1 unspecified atom stereocenters. The summed E-state index contributed by atoms with van der Waals surface area (Å²) in [5.74, 6) is 0.971. The van der Waals surface area contributed by atoms with E-state index in [4.69, 9.17) is 5.73 Å². The first kappa shape index (κ1) is 12.8. The van der Waals surface area contributed by atoms with Crippen molar-refractivity contribution >= 4 is 0 Å². The Bertz CT molecular complexity index is 553. The van der Waals surface area contributed by atoms with E-state index in [-0.39, 0.29) is 6.04 Å². The first-order valence-corrected chi connectivity index (χ1v) is 6.36. The van der Waals surface area contributed by atoms with Gasteiger partial charge >= 0.3 is 0 Å². The van der Waals surface area contributed by atoms with Gasteiger partial charge in [0.1, 0.15) is 5.82 Å². The van der Waals surface area contributed by atoms with Gasteiger partial charge in [-0.3, -0.25) is 0 Å². The minimum Gasteiger partial charge on any atom is -0.346 e. The molecule has 1 atom stereocenters. The van der Waals surface area contributed by atoms with Crippen LogP contribution in [0.25, 0.3) is 11.3 Å². The summed E-state index contributed by atoms with van der Waals surface area (Å²) in [4.78, 5) is 8.02. The maximum Gasteiger partial charge on any atom is 0.108 e. The first-order chi connectivity index (χ1) is 8.47. The maximum absolute atomic E-state index is 5.82. The van der Waals surface area contributed by atoms with Gasteiger partial charge in [-0.2, -0.15) is 0 Å². The number of imidazole rings is 1. The van der Waals surface area contributed by atoms with Crippen LogP contribution >= 0.6 is 0 Å². The number of hydrogen-bond acceptors (Lipinski definition) is 2. The number of nitrogens with two attached hydrogens (primary N) is 1. The molecule has 3 N–H and O–H groups in total. The molecule has 2 aromatic rings. The average Bonchev–Trinajstić information content (AvgIpc) is 2.62. The number of aryl methyl sites for hydroxylation is 3. The molecule has 0 amide bonds. The summed E-state index contributed by atoms with van der Waals surface area (Å²) in [6, 6.07) is 6.59. The van der Waals surface area contributed by atoms with E-state index >= 15 is 0 Å². The average molecular weight is 243 g/mol. The molecule has 1 aromatic heterocycles. The summed E-state index contributed by atoms with van der Waals surface area (Å²) in [7, 11) is 0. The SMILES string of the molecule is Cc1ccc(C)c(-c2nc(CC(C)N)[nH]c2C)c1. The van der Waals surface area contributed by atoms with E-state index in [0.717, 1.165) is 23.6 Å². The summed E-state index contributed by atoms with van der Waals surface area (Å²) in [6.07, 6.45) is 0.783. The number of nitrogens with zero attached hydrogens (tertiary/aromatic N) is 1. The van der Waals surface area contributed by atoms with E-state index in [0.29, 0.717) is 0 Å². The Hall–Kier alpha value is -1.61. The standard InChI is InChI=1S/C15H21N3/c1-9-5-6-10(2)13(7-9)15-12(4)17-14(18-15)8-11(3)16/h5-7,11H,8,16H2,1-4H3,(H,17,18). The van der Waals surface area contributed by atoms with Gasteiger partial charge in [0.25, 0.3) is 0 Å². The van der Waals surface area contributed by atoms with Crippen molar-refractivity contribution in [1.29, 1.82) is 0 Å². The molecule has 3 nitrogen and oxygen atoms in total. The Labute approximate surface area is 108 Å². The number of benzene rings is 1. The van der Waals surface area contributed by atoms with Crippen LogP contribution in [-0.4, -0.2) is 16.0 Å². The third-order valence-corrected chi connectivity index (χ3v) is 3.10. The van der Waals surface area contributed by atoms with Crippen LogP contribution in [0.2, 0.25) is 0 Å². The molecule has 0 aliphatic rings. The van der Waals surface area contributed by atoms with E-state index in [1.54, 1.807) is 0 Å². The smallest absolute Gasteiger partial charge is 0.108 e. The van der Waals surface area contributed by atoms with Crippen molar-refractivity contribution in [2.75, 3.05) is 0 Å². The fraction of sp³-hybridized carbons (Fsp3) is 0.400. The lowest BCUT2D eigenvalue weighted by Gasteiger charge is -2.05. The lowest BCUT2D eigenvalue weighted by atomic mass is 10.0. The quantitative estimate of drug-likeness (QED) is 0.871. The van der Waals surface area contributed by atoms with Crippen LogP contribution in [0.15, 0.2) is 18.2 Å². The summed E-state index contributed by atoms with van der Waals surface area (Å²) in [5, 5.41) is 0. The van der Waals surface area contributed by atoms with Crippen molar-refractivity contribution in [2.24, 2.45) is 5.73 Å². The molecule has 18 heavy (non-hydrogen) atoms. The molecule has 3 heteroatoms. The Balaban J connectivity index is 2.44. The number of aromatic nitrogens is 2. The zero-order chi connectivity index (χ0) is 13.3. The van der Waals surface area contributed by atoms with Crippen molar-refractivity contribution in [1.82, 2.24) is 9.97 Å². The van der Waals surface area contributed by atoms with Gasteiger partial charge in [-0.1, -0.05) is 17.7 Å². The largest absolute Gasteiger partial charge is 0.346 e. The van der Waals surface area contributed by atoms with Gasteiger partial charge < -0.3 is 10.7 Å². The number of nitrogens with one attached hydrogen (secondary N) is 1. The Morgan fingerprint density at radius 1 is 1.28 bits per heavy atom. The minimum absolute atomic E-state index is 0.127. The Morgan fingerprint density at radius 2 is 2.00 bits per heavy atom. The lowest BCUT2D eigenvalue weighted by Crippen LogP contribution is -2.18. The second kappa shape index (κ2) is 4.94. The zero-order valence-corrected chi connectivity index (χ0v) is 11.5. The summed E-state index contributed by atoms with van der Waals surface area (Å²) >= 11 is 0. The zero-order valence-electron chi connectivity index (χ0n) is 11.5. The van der Waals surface area contributed by atoms with Gasteiger partial charge in [-0.25, -0.2) is 4.98 Å². The van der Waals surface area contributed by atoms with Crippen LogP contribution < -0.4 is 5.73 Å². The molecule has 0 spiro atoms. The lowest BCUT2D eigenvalue weighted by molar-refractivity contribution is 0.709. The van der Waals surface area contributed by atoms with Crippen LogP contribution in [0, 0.1) is 20.8 Å². The molecular formula is C15H21N3. The van der Waals surface area contributed by atoms with Gasteiger partial charge in [-0.15, -0.1) is 0 Å². The van der Waals surface area contributed by atoms with E-state index in [1.165, 1.54) is 16.7 Å². The van der Waals surface area contributed by atoms with Gasteiger partial charge in [0.15, 0.2) is 0 Å². The highest BCUT2D eigenvalue weighted by molar-refractivity contribution is 5.66. The topological polar surface area (TPSA) is 54.7 Å². The maximum atomic E-state index is 5.82. The van der Waals surface area contributed by atoms with E-state index in [9.17, 15) is 0 Å². The monoisotopic (exact) mass is 243 g/mol. The van der Waals surface area contributed by atoms with Gasteiger partial charge in [0.2, 0.25) is 0 Å². The van der Waals surface area contributed by atoms with Crippen LogP contribution in [0.3, 0.4) is 0 Å². The van der Waals surface area contributed by atoms with E-state index in [2.05, 4.69) is 48.9 Å². The molecule has 96 valence electrons. The molecule has 1 heterocycles. The number of H-pyrrole nitrogens is 1. The van der Waals surface area contributed by atoms with Crippen molar-refractivity contribution in [3.63, 3.8) is 0 Å². The molecule has 1 aromatic carbocycles. The predicted molar refractivity (Wildman–Crippen MR) is 75.6 cm³/mol. The first-order valence-electron chi connectivity index (χ1n) is 6.36. The molecule has 0 saturated carbocycles. The van der Waals surface area contributed by atoms with Gasteiger partial charge in [0.05, 0.1) is 5.69 Å². The number of rotatable bonds is 3. The van der Waals surface area contributed by atoms with Crippen molar-refractivity contribution < 1.29 is 0 Å². The molecule has 0 saturated heterocycles. The van der Waals surface area contributed by atoms with Crippen LogP contribution in [0.4, 0.5) is 0 Å². The van der Waals surface area contributed by atoms with Crippen LogP contribution in [-0.2, 0) is 6.42 Å². The highest BCUT2D eigenvalue weighted by atomic mass is 14.9. The molecule has 0 fully saturated rings. The molecular weight excluding hydrogens is 222 g/mol. The van der Waals surface area contributed by atoms with Crippen molar-refractivity contribution in [3.8, 4) is 11.3 Å². The van der Waals surface area contributed by atoms with Gasteiger partial charge in [-0.05, 0) is 39.3 Å². The normalized spacial score (nSPS) is 12.7. The highest BCUT2D eigenvalue weighted by Gasteiger charge is 2.12. The molecule has 0 aliphatic carbocycles. The third kappa shape index (κ3) is 2.62. The Kier molecular flexibility index (Phi) is 3.53. The molecule has 0 radical (unpaired) electrons. The molecule has 0 bridgehead atoms. The molecule has 2 rings (SSSR count). The number of aromatic amines is 1. The van der Waals surface area contributed by atoms with E-state index in [1.807, 2.05) is 6.92 Å². The predicted octanol–water partition coefficient (Wildman–Crippen LogP) is 2.89. The van der Waals surface area contributed by atoms with Crippen LogP contribution in [0.5, 0.6) is 0 Å².